The van der Waals surface area contributed by atoms with Gasteiger partial charge in [0.2, 0.25) is 0 Å². The molecule has 0 N–H and O–H groups in total. The molecule has 8 aromatic rings. The minimum atomic E-state index is 0.181. The van der Waals surface area contributed by atoms with Gasteiger partial charge in [0.25, 0.3) is 0 Å². The van der Waals surface area contributed by atoms with Crippen LogP contribution in [0, 0.1) is 0 Å². The van der Waals surface area contributed by atoms with Crippen molar-refractivity contribution >= 4 is 38.2 Å². The first kappa shape index (κ1) is 27.3. The molecule has 1 aliphatic carbocycles. The van der Waals surface area contributed by atoms with Crippen LogP contribution in [0.3, 0.4) is 0 Å². The number of hydrogen-bond acceptors (Lipinski definition) is 1. The zero-order valence-electron chi connectivity index (χ0n) is 25.9. The van der Waals surface area contributed by atoms with Crippen LogP contribution in [0.1, 0.15) is 23.7 Å². The molecule has 7 aromatic carbocycles. The van der Waals surface area contributed by atoms with E-state index in [0.29, 0.717) is 0 Å². The van der Waals surface area contributed by atoms with Gasteiger partial charge in [-0.15, -0.1) is 0 Å². The molecular weight excluding hydrogens is 569 g/mol. The molecular formula is C45H32N2. The number of aromatic nitrogens is 2. The molecule has 0 bridgehead atoms. The molecule has 0 radical (unpaired) electrons. The van der Waals surface area contributed by atoms with Gasteiger partial charge in [-0.05, 0) is 91.7 Å². The second-order valence-electron chi connectivity index (χ2n) is 12.3. The number of nitrogens with zero attached hydrogens (tertiary/aromatic N) is 2. The Morgan fingerprint density at radius 3 is 1.74 bits per heavy atom. The van der Waals surface area contributed by atoms with Crippen molar-refractivity contribution < 1.29 is 0 Å². The highest BCUT2D eigenvalue weighted by molar-refractivity contribution is 6.21. The van der Waals surface area contributed by atoms with Crippen molar-refractivity contribution in [2.75, 3.05) is 0 Å². The molecule has 0 saturated carbocycles. The second-order valence-corrected chi connectivity index (χ2v) is 12.3. The maximum atomic E-state index is 5.15. The molecule has 1 heterocycles. The molecule has 1 unspecified atom stereocenters. The third kappa shape index (κ3) is 4.69. The van der Waals surface area contributed by atoms with E-state index < -0.39 is 0 Å². The van der Waals surface area contributed by atoms with E-state index in [4.69, 9.17) is 4.98 Å². The first-order valence-corrected chi connectivity index (χ1v) is 16.3. The topological polar surface area (TPSA) is 17.8 Å². The van der Waals surface area contributed by atoms with E-state index >= 15 is 0 Å². The number of fused-ring (bicyclic) bond motifs is 3. The quantitative estimate of drug-likeness (QED) is 0.180. The summed E-state index contributed by atoms with van der Waals surface area (Å²) in [6.07, 6.45) is 7.92. The van der Waals surface area contributed by atoms with Crippen LogP contribution in [-0.2, 0) is 0 Å². The van der Waals surface area contributed by atoms with E-state index in [1.54, 1.807) is 0 Å². The fourth-order valence-electron chi connectivity index (χ4n) is 7.36. The third-order valence-corrected chi connectivity index (χ3v) is 9.51. The minimum absolute atomic E-state index is 0.181. The molecule has 1 aliphatic rings. The monoisotopic (exact) mass is 600 g/mol. The predicted molar refractivity (Wildman–Crippen MR) is 198 cm³/mol. The molecule has 2 heteroatoms. The molecule has 1 aromatic heterocycles. The molecule has 1 atom stereocenters. The lowest BCUT2D eigenvalue weighted by Gasteiger charge is -2.20. The Bertz CT molecular complexity index is 2470. The first-order valence-electron chi connectivity index (χ1n) is 16.3. The van der Waals surface area contributed by atoms with Crippen LogP contribution >= 0.6 is 0 Å². The van der Waals surface area contributed by atoms with Gasteiger partial charge in [-0.2, -0.15) is 0 Å². The summed E-state index contributed by atoms with van der Waals surface area (Å²) in [4.78, 5) is 5.15. The van der Waals surface area contributed by atoms with Gasteiger partial charge in [0.05, 0.1) is 11.0 Å². The lowest BCUT2D eigenvalue weighted by Crippen LogP contribution is -2.07. The highest BCUT2D eigenvalue weighted by Crippen LogP contribution is 2.45. The number of para-hydroxylation sites is 3. The van der Waals surface area contributed by atoms with E-state index in [0.717, 1.165) is 29.0 Å². The zero-order chi connectivity index (χ0) is 31.2. The smallest absolute Gasteiger partial charge is 0.121 e. The molecule has 0 aliphatic heterocycles. The van der Waals surface area contributed by atoms with Crippen LogP contribution in [0.5, 0.6) is 0 Å². The van der Waals surface area contributed by atoms with Gasteiger partial charge >= 0.3 is 0 Å². The van der Waals surface area contributed by atoms with Gasteiger partial charge in [0.1, 0.15) is 5.82 Å². The van der Waals surface area contributed by atoms with E-state index in [2.05, 4.69) is 181 Å². The number of hydrogen-bond donors (Lipinski definition) is 0. The van der Waals surface area contributed by atoms with E-state index in [1.807, 2.05) is 0 Å². The Balaban J connectivity index is 1.18. The van der Waals surface area contributed by atoms with Crippen molar-refractivity contribution in [1.29, 1.82) is 0 Å². The maximum absolute atomic E-state index is 5.15. The Morgan fingerprint density at radius 2 is 1.09 bits per heavy atom. The van der Waals surface area contributed by atoms with Crippen molar-refractivity contribution in [3.8, 4) is 27.9 Å². The van der Waals surface area contributed by atoms with Gasteiger partial charge in [0.15, 0.2) is 0 Å². The van der Waals surface area contributed by atoms with Crippen LogP contribution in [-0.4, -0.2) is 9.55 Å². The summed E-state index contributed by atoms with van der Waals surface area (Å²) in [7, 11) is 0. The summed E-state index contributed by atoms with van der Waals surface area (Å²) in [5, 5.41) is 5.09. The zero-order valence-corrected chi connectivity index (χ0v) is 25.9. The number of allylic oxidation sites excluding steroid dienone is 4. The SMILES string of the molecule is C1=CC(c2nc3ccccc3n2-c2ccccc2)CC=C1c1ccc2c(-c3ccccc3)c3ccccc3c(-c3ccccc3)c2c1. The van der Waals surface area contributed by atoms with E-state index in [1.165, 1.54) is 54.9 Å². The Kier molecular flexibility index (Phi) is 6.64. The van der Waals surface area contributed by atoms with Crippen LogP contribution in [0.25, 0.3) is 66.1 Å². The van der Waals surface area contributed by atoms with Crippen LogP contribution < -0.4 is 0 Å². The van der Waals surface area contributed by atoms with Crippen molar-refractivity contribution in [3.05, 3.63) is 187 Å². The van der Waals surface area contributed by atoms with Crippen molar-refractivity contribution in [2.45, 2.75) is 12.3 Å². The first-order chi connectivity index (χ1) is 23.3. The largest absolute Gasteiger partial charge is 0.296 e. The van der Waals surface area contributed by atoms with Crippen LogP contribution in [0.2, 0.25) is 0 Å². The Hall–Kier alpha value is -5.99. The molecule has 222 valence electrons. The average molecular weight is 601 g/mol. The summed E-state index contributed by atoms with van der Waals surface area (Å²) in [6, 6.07) is 56.6. The Morgan fingerprint density at radius 1 is 0.511 bits per heavy atom. The van der Waals surface area contributed by atoms with Gasteiger partial charge in [-0.3, -0.25) is 4.57 Å². The van der Waals surface area contributed by atoms with Crippen LogP contribution in [0.4, 0.5) is 0 Å². The summed E-state index contributed by atoms with van der Waals surface area (Å²) >= 11 is 0. The normalized spacial score (nSPS) is 14.6. The molecule has 47 heavy (non-hydrogen) atoms. The summed E-state index contributed by atoms with van der Waals surface area (Å²) in [6.45, 7) is 0. The molecule has 0 fully saturated rings. The Labute approximate surface area is 274 Å². The molecule has 0 amide bonds. The molecule has 9 rings (SSSR count). The highest BCUT2D eigenvalue weighted by Gasteiger charge is 2.22. The second kappa shape index (κ2) is 11.4. The maximum Gasteiger partial charge on any atom is 0.121 e. The fraction of sp³-hybridized carbons (Fsp3) is 0.0444. The van der Waals surface area contributed by atoms with Crippen molar-refractivity contribution in [2.24, 2.45) is 0 Å². The molecule has 0 saturated heterocycles. The summed E-state index contributed by atoms with van der Waals surface area (Å²) in [5.41, 5.74) is 10.8. The average Bonchev–Trinajstić information content (AvgIpc) is 3.54. The van der Waals surface area contributed by atoms with E-state index in [9.17, 15) is 0 Å². The highest BCUT2D eigenvalue weighted by atomic mass is 15.1. The van der Waals surface area contributed by atoms with Crippen LogP contribution in [0.15, 0.2) is 176 Å². The lowest BCUT2D eigenvalue weighted by molar-refractivity contribution is 0.760. The van der Waals surface area contributed by atoms with Gasteiger partial charge in [0, 0.05) is 11.6 Å². The standard InChI is InChI=1S/C45H32N2/c1-4-14-32(15-5-1)43-37-20-10-11-21-38(37)44(33-16-6-2-7-17-33)40-30-35(28-29-39(40)43)31-24-26-34(27-25-31)45-46-41-22-12-13-23-42(41)47(45)36-18-8-3-9-19-36/h1-26,28-30,34H,27H2. The van der Waals surface area contributed by atoms with Crippen molar-refractivity contribution in [3.63, 3.8) is 0 Å². The lowest BCUT2D eigenvalue weighted by atomic mass is 9.84. The van der Waals surface area contributed by atoms with Crippen molar-refractivity contribution in [1.82, 2.24) is 9.55 Å². The summed E-state index contributed by atoms with van der Waals surface area (Å²) in [5.74, 6) is 1.26. The van der Waals surface area contributed by atoms with Gasteiger partial charge in [-0.1, -0.05) is 146 Å². The summed E-state index contributed by atoms with van der Waals surface area (Å²) < 4.78 is 2.32. The van der Waals surface area contributed by atoms with E-state index in [-0.39, 0.29) is 5.92 Å². The van der Waals surface area contributed by atoms with Gasteiger partial charge in [-0.25, -0.2) is 4.98 Å². The molecule has 0 spiro atoms. The van der Waals surface area contributed by atoms with Gasteiger partial charge < -0.3 is 0 Å². The number of rotatable bonds is 5. The molecule has 2 nitrogen and oxygen atoms in total. The predicted octanol–water partition coefficient (Wildman–Crippen LogP) is 11.8. The minimum Gasteiger partial charge on any atom is -0.296 e. The number of imidazole rings is 1. The third-order valence-electron chi connectivity index (χ3n) is 9.51. The number of benzene rings is 7. The fourth-order valence-corrected chi connectivity index (χ4v) is 7.36.